The van der Waals surface area contributed by atoms with Gasteiger partial charge in [0, 0.05) is 50.1 Å². The van der Waals surface area contributed by atoms with Crippen LogP contribution in [0.2, 0.25) is 0 Å². The molecule has 12 heteroatoms. The number of amides is 1. The highest BCUT2D eigenvalue weighted by molar-refractivity contribution is 7.90. The second kappa shape index (κ2) is 8.68. The number of benzene rings is 2. The maximum Gasteiger partial charge on any atom is 0.293 e. The Morgan fingerprint density at radius 1 is 0.968 bits per heavy atom. The van der Waals surface area contributed by atoms with Gasteiger partial charge < -0.3 is 9.80 Å². The number of anilines is 1. The van der Waals surface area contributed by atoms with E-state index < -0.39 is 19.7 Å². The number of para-hydroxylation sites is 1. The molecule has 3 rings (SSSR count). The third kappa shape index (κ3) is 4.97. The molecule has 1 aliphatic rings. The summed E-state index contributed by atoms with van der Waals surface area (Å²) >= 11 is 0. The largest absolute Gasteiger partial charge is 0.362 e. The van der Waals surface area contributed by atoms with E-state index >= 15 is 0 Å². The van der Waals surface area contributed by atoms with Gasteiger partial charge in [0.1, 0.15) is 5.69 Å². The number of carbonyl (C=O) groups is 1. The quantitative estimate of drug-likeness (QED) is 0.480. The zero-order valence-electron chi connectivity index (χ0n) is 16.6. The first-order chi connectivity index (χ1) is 14.6. The number of hydrogen-bond donors (Lipinski definition) is 0. The van der Waals surface area contributed by atoms with E-state index in [4.69, 9.17) is 0 Å². The van der Waals surface area contributed by atoms with Crippen molar-refractivity contribution in [3.8, 4) is 0 Å². The molecule has 1 heterocycles. The Kier molecular flexibility index (Phi) is 6.20. The van der Waals surface area contributed by atoms with E-state index in [0.717, 1.165) is 12.3 Å². The zero-order valence-corrected chi connectivity index (χ0v) is 17.4. The Morgan fingerprint density at radius 3 is 2.16 bits per heavy atom. The van der Waals surface area contributed by atoms with Crippen molar-refractivity contribution in [1.29, 1.82) is 0 Å². The molecule has 1 amide bonds. The Hall–Kier alpha value is -3.54. The molecule has 0 bridgehead atoms. The number of nitrogens with zero attached hydrogens (tertiary/aromatic N) is 4. The molecule has 0 aliphatic carbocycles. The first-order valence-corrected chi connectivity index (χ1v) is 11.2. The lowest BCUT2D eigenvalue weighted by Crippen LogP contribution is -2.49. The fraction of sp³-hybridized carbons (Fsp3) is 0.316. The molecular weight excluding hydrogens is 428 g/mol. The predicted molar refractivity (Wildman–Crippen MR) is 112 cm³/mol. The molecule has 31 heavy (non-hydrogen) atoms. The monoisotopic (exact) mass is 448 g/mol. The van der Waals surface area contributed by atoms with Gasteiger partial charge in [-0.25, -0.2) is 8.42 Å². The zero-order chi connectivity index (χ0) is 22.8. The van der Waals surface area contributed by atoms with Crippen LogP contribution in [0.5, 0.6) is 0 Å². The normalized spacial score (nSPS) is 14.4. The molecule has 1 fully saturated rings. The van der Waals surface area contributed by atoms with Crippen LogP contribution in [0.15, 0.2) is 47.4 Å². The van der Waals surface area contributed by atoms with Crippen LogP contribution in [0.25, 0.3) is 0 Å². The first kappa shape index (κ1) is 22.2. The van der Waals surface area contributed by atoms with E-state index in [0.29, 0.717) is 18.7 Å². The highest BCUT2D eigenvalue weighted by Gasteiger charge is 2.28. The minimum atomic E-state index is -3.59. The van der Waals surface area contributed by atoms with Crippen molar-refractivity contribution in [2.24, 2.45) is 0 Å². The van der Waals surface area contributed by atoms with Gasteiger partial charge in [-0.05, 0) is 12.1 Å². The van der Waals surface area contributed by atoms with E-state index in [1.54, 1.807) is 21.9 Å². The molecule has 0 aromatic heterocycles. The molecule has 0 saturated carbocycles. The summed E-state index contributed by atoms with van der Waals surface area (Å²) in [5, 5.41) is 22.6. The van der Waals surface area contributed by atoms with Gasteiger partial charge in [-0.2, -0.15) is 0 Å². The maximum absolute atomic E-state index is 12.6. The van der Waals surface area contributed by atoms with Gasteiger partial charge in [0.05, 0.1) is 21.2 Å². The standard InChI is InChI=1S/C19H20N4O7S/c1-31(29,30)15-6-7-17(18(13-15)23(27)28)20-8-10-21(11-9-20)19(24)12-14-4-2-3-5-16(14)22(25)26/h2-7,13H,8-12H2,1H3. The molecule has 0 N–H and O–H groups in total. The van der Waals surface area contributed by atoms with E-state index in [-0.39, 0.29) is 47.4 Å². The van der Waals surface area contributed by atoms with E-state index in [2.05, 4.69) is 0 Å². The van der Waals surface area contributed by atoms with E-state index in [1.165, 1.54) is 24.3 Å². The van der Waals surface area contributed by atoms with Crippen LogP contribution in [0, 0.1) is 20.2 Å². The van der Waals surface area contributed by atoms with Crippen LogP contribution in [0.4, 0.5) is 17.1 Å². The lowest BCUT2D eigenvalue weighted by Gasteiger charge is -2.36. The molecule has 1 aliphatic heterocycles. The number of sulfone groups is 1. The van der Waals surface area contributed by atoms with Crippen LogP contribution in [0.3, 0.4) is 0 Å². The van der Waals surface area contributed by atoms with Crippen LogP contribution < -0.4 is 4.90 Å². The highest BCUT2D eigenvalue weighted by Crippen LogP contribution is 2.31. The van der Waals surface area contributed by atoms with Crippen molar-refractivity contribution in [3.63, 3.8) is 0 Å². The third-order valence-electron chi connectivity index (χ3n) is 5.07. The maximum atomic E-state index is 12.6. The SMILES string of the molecule is CS(=O)(=O)c1ccc(N2CCN(C(=O)Cc3ccccc3[N+](=O)[O-])CC2)c([N+](=O)[O-])c1. The van der Waals surface area contributed by atoms with Crippen LogP contribution in [-0.2, 0) is 21.1 Å². The van der Waals surface area contributed by atoms with Gasteiger partial charge in [-0.1, -0.05) is 18.2 Å². The fourth-order valence-electron chi connectivity index (χ4n) is 3.46. The van der Waals surface area contributed by atoms with Gasteiger partial charge in [0.15, 0.2) is 9.84 Å². The summed E-state index contributed by atoms with van der Waals surface area (Å²) in [6, 6.07) is 9.82. The number of carbonyl (C=O) groups excluding carboxylic acids is 1. The minimum absolute atomic E-state index is 0.111. The van der Waals surface area contributed by atoms with Crippen molar-refractivity contribution < 1.29 is 23.1 Å². The minimum Gasteiger partial charge on any atom is -0.362 e. The smallest absolute Gasteiger partial charge is 0.293 e. The van der Waals surface area contributed by atoms with Gasteiger partial charge in [0.25, 0.3) is 11.4 Å². The average molecular weight is 448 g/mol. The second-order valence-corrected chi connectivity index (χ2v) is 9.13. The van der Waals surface area contributed by atoms with Crippen LogP contribution in [-0.4, -0.2) is 61.5 Å². The molecule has 0 radical (unpaired) electrons. The summed E-state index contributed by atoms with van der Waals surface area (Å²) in [7, 11) is -3.59. The van der Waals surface area contributed by atoms with Crippen LogP contribution in [0.1, 0.15) is 5.56 Å². The molecule has 2 aromatic carbocycles. The number of piperazine rings is 1. The van der Waals surface area contributed by atoms with Gasteiger partial charge in [-0.3, -0.25) is 25.0 Å². The summed E-state index contributed by atoms with van der Waals surface area (Å²) in [6.45, 7) is 1.18. The van der Waals surface area contributed by atoms with Crippen molar-refractivity contribution in [2.75, 3.05) is 37.3 Å². The first-order valence-electron chi connectivity index (χ1n) is 9.31. The highest BCUT2D eigenvalue weighted by atomic mass is 32.2. The number of rotatable bonds is 6. The number of nitro groups is 2. The predicted octanol–water partition coefficient (Wildman–Crippen LogP) is 1.80. The molecule has 1 saturated heterocycles. The van der Waals surface area contributed by atoms with Crippen molar-refractivity contribution in [1.82, 2.24) is 4.90 Å². The van der Waals surface area contributed by atoms with Gasteiger partial charge in [-0.15, -0.1) is 0 Å². The van der Waals surface area contributed by atoms with Crippen molar-refractivity contribution >= 4 is 32.8 Å². The summed E-state index contributed by atoms with van der Waals surface area (Å²) < 4.78 is 23.4. The molecule has 164 valence electrons. The van der Waals surface area contributed by atoms with Crippen molar-refractivity contribution in [2.45, 2.75) is 11.3 Å². The molecule has 0 spiro atoms. The van der Waals surface area contributed by atoms with E-state index in [1.807, 2.05) is 0 Å². The Balaban J connectivity index is 1.72. The van der Waals surface area contributed by atoms with Gasteiger partial charge >= 0.3 is 0 Å². The number of hydrogen-bond acceptors (Lipinski definition) is 8. The summed E-state index contributed by atoms with van der Waals surface area (Å²) in [4.78, 5) is 37.2. The average Bonchev–Trinajstić information content (AvgIpc) is 2.73. The lowest BCUT2D eigenvalue weighted by atomic mass is 10.1. The second-order valence-electron chi connectivity index (χ2n) is 7.11. The lowest BCUT2D eigenvalue weighted by molar-refractivity contribution is -0.385. The molecule has 2 aromatic rings. The molecule has 11 nitrogen and oxygen atoms in total. The Morgan fingerprint density at radius 2 is 1.58 bits per heavy atom. The fourth-order valence-corrected chi connectivity index (χ4v) is 4.10. The Labute approximate surface area is 178 Å². The third-order valence-corrected chi connectivity index (χ3v) is 6.19. The van der Waals surface area contributed by atoms with Crippen molar-refractivity contribution in [3.05, 3.63) is 68.3 Å². The van der Waals surface area contributed by atoms with Crippen LogP contribution >= 0.6 is 0 Å². The molecule has 0 atom stereocenters. The Bertz CT molecular complexity index is 1140. The summed E-state index contributed by atoms with van der Waals surface area (Å²) in [6.07, 6.45) is 0.869. The summed E-state index contributed by atoms with van der Waals surface area (Å²) in [5.41, 5.74) is 0.175. The molecule has 0 unspecified atom stereocenters. The number of nitro benzene ring substituents is 2. The van der Waals surface area contributed by atoms with E-state index in [9.17, 15) is 33.4 Å². The summed E-state index contributed by atoms with van der Waals surface area (Å²) in [5.74, 6) is -0.268. The molecular formula is C19H20N4O7S. The van der Waals surface area contributed by atoms with Gasteiger partial charge in [0.2, 0.25) is 5.91 Å². The topological polar surface area (TPSA) is 144 Å².